The van der Waals surface area contributed by atoms with Gasteiger partial charge in [0.05, 0.1) is 4.92 Å². The molecular formula is C12H9F2N3O2. The summed E-state index contributed by atoms with van der Waals surface area (Å²) in [6, 6.07) is 7.31. The Morgan fingerprint density at radius 1 is 1.05 bits per heavy atom. The number of nitrogens with zero attached hydrogens (tertiary/aromatic N) is 1. The van der Waals surface area contributed by atoms with Gasteiger partial charge in [0.2, 0.25) is 0 Å². The number of rotatable bonds is 3. The van der Waals surface area contributed by atoms with Crippen molar-refractivity contribution in [1.82, 2.24) is 0 Å². The lowest BCUT2D eigenvalue weighted by Gasteiger charge is -2.07. The van der Waals surface area contributed by atoms with Crippen LogP contribution in [0.25, 0.3) is 0 Å². The first-order valence-corrected chi connectivity index (χ1v) is 5.23. The second-order valence-electron chi connectivity index (χ2n) is 3.78. The number of halogens is 2. The van der Waals surface area contributed by atoms with Gasteiger partial charge in [0.15, 0.2) is 11.6 Å². The normalized spacial score (nSPS) is 10.2. The largest absolute Gasteiger partial charge is 0.393 e. The van der Waals surface area contributed by atoms with Crippen LogP contribution in [0.4, 0.5) is 31.5 Å². The van der Waals surface area contributed by atoms with E-state index in [1.54, 1.807) is 0 Å². The van der Waals surface area contributed by atoms with Crippen LogP contribution in [0.5, 0.6) is 0 Å². The molecule has 5 nitrogen and oxygen atoms in total. The van der Waals surface area contributed by atoms with E-state index in [4.69, 9.17) is 5.73 Å². The third-order valence-corrected chi connectivity index (χ3v) is 2.43. The highest BCUT2D eigenvalue weighted by Crippen LogP contribution is 2.27. The summed E-state index contributed by atoms with van der Waals surface area (Å²) in [6.45, 7) is 0. The Bertz CT molecular complexity index is 647. The van der Waals surface area contributed by atoms with Crippen LogP contribution < -0.4 is 11.1 Å². The van der Waals surface area contributed by atoms with Crippen LogP contribution in [0, 0.1) is 21.7 Å². The third-order valence-electron chi connectivity index (χ3n) is 2.43. The molecule has 3 N–H and O–H groups in total. The van der Waals surface area contributed by atoms with E-state index in [0.717, 1.165) is 12.1 Å². The summed E-state index contributed by atoms with van der Waals surface area (Å²) in [4.78, 5) is 9.99. The van der Waals surface area contributed by atoms with Crippen molar-refractivity contribution < 1.29 is 13.7 Å². The molecule has 0 aliphatic heterocycles. The van der Waals surface area contributed by atoms with Gasteiger partial charge in [0, 0.05) is 23.5 Å². The van der Waals surface area contributed by atoms with Gasteiger partial charge in [-0.1, -0.05) is 0 Å². The van der Waals surface area contributed by atoms with Crippen molar-refractivity contribution in [2.75, 3.05) is 11.1 Å². The number of nitrogen functional groups attached to an aromatic ring is 1. The fourth-order valence-corrected chi connectivity index (χ4v) is 1.54. The molecule has 0 aliphatic rings. The first-order chi connectivity index (χ1) is 8.97. The van der Waals surface area contributed by atoms with Crippen LogP contribution in [-0.2, 0) is 0 Å². The summed E-state index contributed by atoms with van der Waals surface area (Å²) < 4.78 is 25.7. The molecule has 0 heterocycles. The van der Waals surface area contributed by atoms with Gasteiger partial charge in [0.25, 0.3) is 5.69 Å². The van der Waals surface area contributed by atoms with Gasteiger partial charge in [-0.25, -0.2) is 8.78 Å². The molecule has 0 amide bonds. The van der Waals surface area contributed by atoms with E-state index < -0.39 is 16.6 Å². The summed E-state index contributed by atoms with van der Waals surface area (Å²) in [6.07, 6.45) is 0. The first kappa shape index (κ1) is 12.7. The second-order valence-corrected chi connectivity index (χ2v) is 3.78. The fourth-order valence-electron chi connectivity index (χ4n) is 1.54. The summed E-state index contributed by atoms with van der Waals surface area (Å²) in [5.41, 5.74) is 6.04. The Morgan fingerprint density at radius 3 is 2.26 bits per heavy atom. The van der Waals surface area contributed by atoms with Gasteiger partial charge in [-0.05, 0) is 24.3 Å². The van der Waals surface area contributed by atoms with Gasteiger partial charge < -0.3 is 11.1 Å². The van der Waals surface area contributed by atoms with E-state index in [-0.39, 0.29) is 11.4 Å². The molecule has 98 valence electrons. The summed E-state index contributed by atoms with van der Waals surface area (Å²) in [5.74, 6) is -1.94. The van der Waals surface area contributed by atoms with Crippen molar-refractivity contribution in [3.63, 3.8) is 0 Å². The zero-order chi connectivity index (χ0) is 14.0. The van der Waals surface area contributed by atoms with E-state index >= 15 is 0 Å². The smallest absolute Gasteiger partial charge is 0.292 e. The average Bonchev–Trinajstić information content (AvgIpc) is 2.33. The quantitative estimate of drug-likeness (QED) is 0.507. The van der Waals surface area contributed by atoms with Gasteiger partial charge in [-0.15, -0.1) is 0 Å². The van der Waals surface area contributed by atoms with Crippen molar-refractivity contribution >= 4 is 22.7 Å². The number of benzene rings is 2. The first-order valence-electron chi connectivity index (χ1n) is 5.23. The topological polar surface area (TPSA) is 81.2 Å². The summed E-state index contributed by atoms with van der Waals surface area (Å²) >= 11 is 0. The van der Waals surface area contributed by atoms with Gasteiger partial charge in [-0.2, -0.15) is 0 Å². The standard InChI is InChI=1S/C12H9F2N3O2/c13-9-3-1-7(5-10(9)14)16-8-2-4-12(17(18)19)11(15)6-8/h1-6,16H,15H2. The molecule has 0 aromatic heterocycles. The Morgan fingerprint density at radius 2 is 1.68 bits per heavy atom. The molecule has 2 aromatic carbocycles. The van der Waals surface area contributed by atoms with Crippen molar-refractivity contribution in [2.45, 2.75) is 0 Å². The molecule has 0 fully saturated rings. The molecule has 0 unspecified atom stereocenters. The Kier molecular flexibility index (Phi) is 3.28. The van der Waals surface area contributed by atoms with E-state index in [9.17, 15) is 18.9 Å². The lowest BCUT2D eigenvalue weighted by Crippen LogP contribution is -1.98. The number of hydrogen-bond donors (Lipinski definition) is 2. The Hall–Kier alpha value is -2.70. The minimum Gasteiger partial charge on any atom is -0.393 e. The van der Waals surface area contributed by atoms with Gasteiger partial charge >= 0.3 is 0 Å². The Balaban J connectivity index is 2.26. The van der Waals surface area contributed by atoms with Crippen molar-refractivity contribution in [3.8, 4) is 0 Å². The molecule has 2 rings (SSSR count). The molecular weight excluding hydrogens is 256 g/mol. The molecule has 0 aliphatic carbocycles. The van der Waals surface area contributed by atoms with Crippen molar-refractivity contribution in [1.29, 1.82) is 0 Å². The van der Waals surface area contributed by atoms with Crippen molar-refractivity contribution in [2.24, 2.45) is 0 Å². The predicted molar refractivity (Wildman–Crippen MR) is 67.1 cm³/mol. The zero-order valence-corrected chi connectivity index (χ0v) is 9.56. The zero-order valence-electron chi connectivity index (χ0n) is 9.56. The molecule has 7 heteroatoms. The van der Waals surface area contributed by atoms with Gasteiger partial charge in [0.1, 0.15) is 5.69 Å². The maximum absolute atomic E-state index is 13.0. The number of anilines is 3. The van der Waals surface area contributed by atoms with E-state index in [1.165, 1.54) is 24.3 Å². The Labute approximate surface area is 106 Å². The summed E-state index contributed by atoms with van der Waals surface area (Å²) in [5, 5.41) is 13.4. The van der Waals surface area contributed by atoms with Crippen LogP contribution in [-0.4, -0.2) is 4.92 Å². The molecule has 0 saturated heterocycles. The van der Waals surface area contributed by atoms with Crippen LogP contribution >= 0.6 is 0 Å². The van der Waals surface area contributed by atoms with Crippen LogP contribution in [0.1, 0.15) is 0 Å². The third kappa shape index (κ3) is 2.76. The maximum Gasteiger partial charge on any atom is 0.292 e. The maximum atomic E-state index is 13.0. The van der Waals surface area contributed by atoms with Crippen LogP contribution in [0.15, 0.2) is 36.4 Å². The number of nitrogens with one attached hydrogen (secondary N) is 1. The van der Waals surface area contributed by atoms with E-state index in [0.29, 0.717) is 11.4 Å². The number of nitrogens with two attached hydrogens (primary N) is 1. The van der Waals surface area contributed by atoms with Crippen LogP contribution in [0.3, 0.4) is 0 Å². The molecule has 2 aromatic rings. The van der Waals surface area contributed by atoms with E-state index in [2.05, 4.69) is 5.32 Å². The average molecular weight is 265 g/mol. The number of hydrogen-bond acceptors (Lipinski definition) is 4. The molecule has 0 radical (unpaired) electrons. The molecule has 0 atom stereocenters. The SMILES string of the molecule is Nc1cc(Nc2ccc(F)c(F)c2)ccc1[N+](=O)[O-]. The lowest BCUT2D eigenvalue weighted by molar-refractivity contribution is -0.383. The molecule has 19 heavy (non-hydrogen) atoms. The predicted octanol–water partition coefficient (Wildman–Crippen LogP) is 3.20. The molecule has 0 spiro atoms. The van der Waals surface area contributed by atoms with Crippen molar-refractivity contribution in [3.05, 3.63) is 58.1 Å². The number of nitro benzene ring substituents is 1. The minimum absolute atomic E-state index is 0.0161. The molecule has 0 bridgehead atoms. The highest BCUT2D eigenvalue weighted by atomic mass is 19.2. The summed E-state index contributed by atoms with van der Waals surface area (Å²) in [7, 11) is 0. The van der Waals surface area contributed by atoms with Crippen LogP contribution in [0.2, 0.25) is 0 Å². The second kappa shape index (κ2) is 4.89. The monoisotopic (exact) mass is 265 g/mol. The lowest BCUT2D eigenvalue weighted by atomic mass is 10.2. The van der Waals surface area contributed by atoms with Gasteiger partial charge in [-0.3, -0.25) is 10.1 Å². The fraction of sp³-hybridized carbons (Fsp3) is 0. The highest BCUT2D eigenvalue weighted by Gasteiger charge is 2.11. The molecule has 0 saturated carbocycles. The minimum atomic E-state index is -0.986. The number of nitro groups is 1. The highest BCUT2D eigenvalue weighted by molar-refractivity contribution is 5.69. The van der Waals surface area contributed by atoms with E-state index in [1.807, 2.05) is 0 Å².